The van der Waals surface area contributed by atoms with Crippen molar-refractivity contribution >= 4 is 26.6 Å². The van der Waals surface area contributed by atoms with Gasteiger partial charge in [-0.2, -0.15) is 18.3 Å². The second-order valence-corrected chi connectivity index (χ2v) is 6.45. The summed E-state index contributed by atoms with van der Waals surface area (Å²) < 4.78 is 65.1. The second-order valence-electron chi connectivity index (χ2n) is 4.77. The van der Waals surface area contributed by atoms with E-state index in [0.717, 1.165) is 18.2 Å². The molecule has 0 aliphatic carbocycles. The Bertz CT molecular complexity index is 965. The van der Waals surface area contributed by atoms with Crippen LogP contribution in [0.15, 0.2) is 53.6 Å². The zero-order chi connectivity index (χ0) is 16.7. The van der Waals surface area contributed by atoms with Gasteiger partial charge in [0.15, 0.2) is 0 Å². The summed E-state index contributed by atoms with van der Waals surface area (Å²) >= 11 is 0. The summed E-state index contributed by atoms with van der Waals surface area (Å²) in [5.74, 6) is 0. The molecule has 1 heterocycles. The molecule has 9 heteroatoms. The van der Waals surface area contributed by atoms with E-state index in [1.165, 1.54) is 12.3 Å². The number of sulfonamides is 1. The summed E-state index contributed by atoms with van der Waals surface area (Å²) in [6.07, 6.45) is -3.19. The van der Waals surface area contributed by atoms with Gasteiger partial charge in [-0.05, 0) is 30.3 Å². The Hall–Kier alpha value is -2.55. The normalized spacial score (nSPS) is 12.5. The Morgan fingerprint density at radius 1 is 1.09 bits per heavy atom. The van der Waals surface area contributed by atoms with Crippen LogP contribution >= 0.6 is 0 Å². The van der Waals surface area contributed by atoms with Gasteiger partial charge in [-0.1, -0.05) is 12.1 Å². The van der Waals surface area contributed by atoms with Crippen LogP contribution in [0, 0.1) is 0 Å². The molecule has 3 rings (SSSR count). The van der Waals surface area contributed by atoms with E-state index in [1.807, 2.05) is 0 Å². The van der Waals surface area contributed by atoms with Crippen molar-refractivity contribution < 1.29 is 21.6 Å². The lowest BCUT2D eigenvalue weighted by Gasteiger charge is -2.11. The number of rotatable bonds is 3. The third kappa shape index (κ3) is 3.00. The molecule has 23 heavy (non-hydrogen) atoms. The average molecular weight is 341 g/mol. The SMILES string of the molecule is O=S(=O)(Nc1cccc2[nH]ncc12)c1cccc(C(F)(F)F)c1. The molecule has 0 radical (unpaired) electrons. The monoisotopic (exact) mass is 341 g/mol. The average Bonchev–Trinajstić information content (AvgIpc) is 2.96. The van der Waals surface area contributed by atoms with Gasteiger partial charge in [0.2, 0.25) is 0 Å². The number of fused-ring (bicyclic) bond motifs is 1. The van der Waals surface area contributed by atoms with E-state index in [9.17, 15) is 21.6 Å². The van der Waals surface area contributed by atoms with E-state index in [4.69, 9.17) is 0 Å². The summed E-state index contributed by atoms with van der Waals surface area (Å²) in [5.41, 5.74) is -0.190. The van der Waals surface area contributed by atoms with E-state index < -0.39 is 26.7 Å². The first-order chi connectivity index (χ1) is 10.8. The Balaban J connectivity index is 2.01. The fourth-order valence-electron chi connectivity index (χ4n) is 2.10. The van der Waals surface area contributed by atoms with Crippen LogP contribution in [0.1, 0.15) is 5.56 Å². The molecule has 0 saturated carbocycles. The van der Waals surface area contributed by atoms with Crippen molar-refractivity contribution in [3.8, 4) is 0 Å². The minimum Gasteiger partial charge on any atom is -0.279 e. The Morgan fingerprint density at radius 3 is 2.57 bits per heavy atom. The molecule has 3 aromatic rings. The Labute approximate surface area is 129 Å². The number of nitrogens with one attached hydrogen (secondary N) is 2. The van der Waals surface area contributed by atoms with Crippen molar-refractivity contribution in [2.75, 3.05) is 4.72 Å². The van der Waals surface area contributed by atoms with Gasteiger partial charge >= 0.3 is 6.18 Å². The van der Waals surface area contributed by atoms with Crippen LogP contribution in [0.3, 0.4) is 0 Å². The molecule has 0 fully saturated rings. The van der Waals surface area contributed by atoms with Crippen LogP contribution < -0.4 is 4.72 Å². The number of anilines is 1. The van der Waals surface area contributed by atoms with Gasteiger partial charge in [0.25, 0.3) is 10.0 Å². The molecule has 0 amide bonds. The maximum absolute atomic E-state index is 12.7. The summed E-state index contributed by atoms with van der Waals surface area (Å²) in [6, 6.07) is 8.37. The number of nitrogens with zero attached hydrogens (tertiary/aromatic N) is 1. The number of halogens is 3. The smallest absolute Gasteiger partial charge is 0.279 e. The van der Waals surface area contributed by atoms with Gasteiger partial charge in [-0.25, -0.2) is 8.42 Å². The van der Waals surface area contributed by atoms with E-state index in [0.29, 0.717) is 17.0 Å². The standard InChI is InChI=1S/C14H10F3N3O2S/c15-14(16,17)9-3-1-4-10(7-9)23(21,22)20-13-6-2-5-12-11(13)8-18-19-12/h1-8,20H,(H,18,19). The third-order valence-corrected chi connectivity index (χ3v) is 4.56. The molecule has 0 spiro atoms. The van der Waals surface area contributed by atoms with E-state index >= 15 is 0 Å². The number of aromatic amines is 1. The first kappa shape index (κ1) is 15.3. The summed E-state index contributed by atoms with van der Waals surface area (Å²) in [5, 5.41) is 7.00. The highest BCUT2D eigenvalue weighted by atomic mass is 32.2. The minimum absolute atomic E-state index is 0.230. The Morgan fingerprint density at radius 2 is 1.83 bits per heavy atom. The molecule has 2 N–H and O–H groups in total. The van der Waals surface area contributed by atoms with Crippen molar-refractivity contribution in [3.05, 3.63) is 54.2 Å². The predicted octanol–water partition coefficient (Wildman–Crippen LogP) is 3.38. The topological polar surface area (TPSA) is 74.8 Å². The van der Waals surface area contributed by atoms with E-state index in [-0.39, 0.29) is 5.69 Å². The Kier molecular flexibility index (Phi) is 3.52. The molecule has 0 unspecified atom stereocenters. The molecule has 0 atom stereocenters. The summed E-state index contributed by atoms with van der Waals surface area (Å²) in [4.78, 5) is -0.465. The van der Waals surface area contributed by atoms with Crippen LogP contribution in [0.4, 0.5) is 18.9 Å². The number of hydrogen-bond acceptors (Lipinski definition) is 3. The highest BCUT2D eigenvalue weighted by Gasteiger charge is 2.31. The lowest BCUT2D eigenvalue weighted by Crippen LogP contribution is -2.14. The van der Waals surface area contributed by atoms with Crippen LogP contribution in [0.25, 0.3) is 10.9 Å². The quantitative estimate of drug-likeness (QED) is 0.767. The van der Waals surface area contributed by atoms with E-state index in [2.05, 4.69) is 14.9 Å². The lowest BCUT2D eigenvalue weighted by atomic mass is 10.2. The number of hydrogen-bond donors (Lipinski definition) is 2. The van der Waals surface area contributed by atoms with Gasteiger partial charge in [0.1, 0.15) is 0 Å². The number of alkyl halides is 3. The molecule has 2 aromatic carbocycles. The van der Waals surface area contributed by atoms with Crippen molar-refractivity contribution in [2.24, 2.45) is 0 Å². The zero-order valence-corrected chi connectivity index (χ0v) is 12.2. The largest absolute Gasteiger partial charge is 0.416 e. The molecular weight excluding hydrogens is 331 g/mol. The summed E-state index contributed by atoms with van der Waals surface area (Å²) in [6.45, 7) is 0. The van der Waals surface area contributed by atoms with Gasteiger partial charge < -0.3 is 0 Å². The molecule has 0 aliphatic rings. The molecule has 120 valence electrons. The van der Waals surface area contributed by atoms with Crippen LogP contribution in [0.5, 0.6) is 0 Å². The van der Waals surface area contributed by atoms with Crippen LogP contribution in [-0.2, 0) is 16.2 Å². The number of aromatic nitrogens is 2. The maximum atomic E-state index is 12.7. The van der Waals surface area contributed by atoms with Gasteiger partial charge in [0.05, 0.1) is 27.9 Å². The lowest BCUT2D eigenvalue weighted by molar-refractivity contribution is -0.137. The molecule has 0 bridgehead atoms. The highest BCUT2D eigenvalue weighted by molar-refractivity contribution is 7.92. The van der Waals surface area contributed by atoms with Crippen LogP contribution in [-0.4, -0.2) is 18.6 Å². The second kappa shape index (κ2) is 5.27. The van der Waals surface area contributed by atoms with Crippen molar-refractivity contribution in [3.63, 3.8) is 0 Å². The first-order valence-electron chi connectivity index (χ1n) is 6.39. The number of H-pyrrole nitrogens is 1. The van der Waals surface area contributed by atoms with Crippen molar-refractivity contribution in [2.45, 2.75) is 11.1 Å². The van der Waals surface area contributed by atoms with Crippen molar-refractivity contribution in [1.29, 1.82) is 0 Å². The minimum atomic E-state index is -4.61. The fraction of sp³-hybridized carbons (Fsp3) is 0.0714. The zero-order valence-electron chi connectivity index (χ0n) is 11.4. The molecule has 0 aliphatic heterocycles. The molecular formula is C14H10F3N3O2S. The fourth-order valence-corrected chi connectivity index (χ4v) is 3.23. The van der Waals surface area contributed by atoms with E-state index in [1.54, 1.807) is 12.1 Å². The van der Waals surface area contributed by atoms with Crippen LogP contribution in [0.2, 0.25) is 0 Å². The highest BCUT2D eigenvalue weighted by Crippen LogP contribution is 2.31. The molecule has 5 nitrogen and oxygen atoms in total. The van der Waals surface area contributed by atoms with Crippen molar-refractivity contribution in [1.82, 2.24) is 10.2 Å². The predicted molar refractivity (Wildman–Crippen MR) is 78.3 cm³/mol. The first-order valence-corrected chi connectivity index (χ1v) is 7.88. The maximum Gasteiger partial charge on any atom is 0.416 e. The molecule has 0 saturated heterocycles. The van der Waals surface area contributed by atoms with Gasteiger partial charge in [-0.15, -0.1) is 0 Å². The van der Waals surface area contributed by atoms with Gasteiger partial charge in [0, 0.05) is 5.39 Å². The number of benzene rings is 2. The van der Waals surface area contributed by atoms with Gasteiger partial charge in [-0.3, -0.25) is 9.82 Å². The third-order valence-electron chi connectivity index (χ3n) is 3.20. The molecule has 1 aromatic heterocycles. The summed E-state index contributed by atoms with van der Waals surface area (Å²) in [7, 11) is -4.16.